The Morgan fingerprint density at radius 3 is 2.79 bits per heavy atom. The van der Waals surface area contributed by atoms with E-state index in [0.29, 0.717) is 12.4 Å². The van der Waals surface area contributed by atoms with Crippen LogP contribution in [0.3, 0.4) is 0 Å². The van der Waals surface area contributed by atoms with Crippen LogP contribution in [0.5, 0.6) is 11.5 Å². The van der Waals surface area contributed by atoms with Crippen LogP contribution < -0.4 is 10.5 Å². The Balaban J connectivity index is 2.05. The predicted octanol–water partition coefficient (Wildman–Crippen LogP) is 1.78. The number of amidine groups is 1. The molecule has 1 aromatic carbocycles. The third-order valence-electron chi connectivity index (χ3n) is 3.51. The van der Waals surface area contributed by atoms with Crippen LogP contribution in [0.2, 0.25) is 0 Å². The highest BCUT2D eigenvalue weighted by molar-refractivity contribution is 5.76. The summed E-state index contributed by atoms with van der Waals surface area (Å²) in [6.45, 7) is 0.385. The molecule has 0 fully saturated rings. The normalized spacial score (nSPS) is 23.1. The molecule has 0 radical (unpaired) electrons. The van der Waals surface area contributed by atoms with Crippen LogP contribution >= 0.6 is 0 Å². The van der Waals surface area contributed by atoms with Gasteiger partial charge in [0.05, 0.1) is 6.20 Å². The molecule has 2 aliphatic heterocycles. The largest absolute Gasteiger partial charge is 0.462 e. The molecule has 0 bridgehead atoms. The number of aromatic nitrogens is 1. The SMILES string of the molecule is NC1=NC2(CO1)c1ccccc1Oc1cnccc12. The summed E-state index contributed by atoms with van der Waals surface area (Å²) in [4.78, 5) is 8.63. The Kier molecular flexibility index (Phi) is 1.90. The number of aliphatic imine (C=N–C) groups is 1. The van der Waals surface area contributed by atoms with Crippen molar-refractivity contribution in [1.82, 2.24) is 4.98 Å². The number of fused-ring (bicyclic) bond motifs is 4. The van der Waals surface area contributed by atoms with Gasteiger partial charge in [-0.05, 0) is 12.1 Å². The Bertz CT molecular complexity index is 651. The van der Waals surface area contributed by atoms with E-state index in [2.05, 4.69) is 9.98 Å². The predicted molar refractivity (Wildman–Crippen MR) is 69.1 cm³/mol. The van der Waals surface area contributed by atoms with Gasteiger partial charge in [0.2, 0.25) is 0 Å². The minimum absolute atomic E-state index is 0.208. The number of rotatable bonds is 0. The van der Waals surface area contributed by atoms with Gasteiger partial charge >= 0.3 is 0 Å². The van der Waals surface area contributed by atoms with Crippen molar-refractivity contribution < 1.29 is 9.47 Å². The summed E-state index contributed by atoms with van der Waals surface area (Å²) in [6.07, 6.45) is 3.42. The molecule has 0 saturated heterocycles. The van der Waals surface area contributed by atoms with Crippen LogP contribution in [0, 0.1) is 0 Å². The van der Waals surface area contributed by atoms with Crippen LogP contribution in [-0.4, -0.2) is 17.6 Å². The fourth-order valence-corrected chi connectivity index (χ4v) is 2.67. The van der Waals surface area contributed by atoms with Gasteiger partial charge in [-0.2, -0.15) is 0 Å². The van der Waals surface area contributed by atoms with Crippen LogP contribution in [-0.2, 0) is 10.3 Å². The van der Waals surface area contributed by atoms with E-state index in [1.54, 1.807) is 12.4 Å². The van der Waals surface area contributed by atoms with Crippen molar-refractivity contribution in [3.63, 3.8) is 0 Å². The molecule has 19 heavy (non-hydrogen) atoms. The summed E-state index contributed by atoms with van der Waals surface area (Å²) >= 11 is 0. The molecule has 3 heterocycles. The van der Waals surface area contributed by atoms with E-state index in [1.807, 2.05) is 30.3 Å². The average Bonchev–Trinajstić information content (AvgIpc) is 2.82. The molecule has 0 saturated carbocycles. The zero-order valence-electron chi connectivity index (χ0n) is 10.0. The van der Waals surface area contributed by atoms with E-state index < -0.39 is 5.54 Å². The maximum Gasteiger partial charge on any atom is 0.283 e. The van der Waals surface area contributed by atoms with Gasteiger partial charge in [0.1, 0.15) is 12.4 Å². The number of nitrogens with zero attached hydrogens (tertiary/aromatic N) is 2. The Hall–Kier alpha value is -2.56. The first-order chi connectivity index (χ1) is 9.29. The number of nitrogens with two attached hydrogens (primary N) is 1. The lowest BCUT2D eigenvalue weighted by molar-refractivity contribution is 0.264. The van der Waals surface area contributed by atoms with Crippen molar-refractivity contribution in [1.29, 1.82) is 0 Å². The van der Waals surface area contributed by atoms with Gasteiger partial charge in [0.25, 0.3) is 6.02 Å². The molecule has 2 aromatic rings. The molecule has 0 amide bonds. The standard InChI is InChI=1S/C14H11N3O2/c15-13-17-14(8-18-13)9-3-1-2-4-11(9)19-12-7-16-6-5-10(12)14/h1-7H,8H2,(H2,15,17). The monoisotopic (exact) mass is 253 g/mol. The first kappa shape index (κ1) is 10.4. The molecule has 5 heteroatoms. The Labute approximate surface area is 109 Å². The van der Waals surface area contributed by atoms with E-state index >= 15 is 0 Å². The zero-order chi connectivity index (χ0) is 12.9. The molecule has 1 unspecified atom stereocenters. The highest BCUT2D eigenvalue weighted by Gasteiger charge is 2.46. The summed E-state index contributed by atoms with van der Waals surface area (Å²) in [5, 5.41) is 0. The number of benzene rings is 1. The van der Waals surface area contributed by atoms with Crippen molar-refractivity contribution in [2.24, 2.45) is 10.7 Å². The van der Waals surface area contributed by atoms with E-state index in [1.165, 1.54) is 0 Å². The summed E-state index contributed by atoms with van der Waals surface area (Å²) in [5.74, 6) is 1.47. The summed E-state index contributed by atoms with van der Waals surface area (Å²) in [6, 6.07) is 9.90. The van der Waals surface area contributed by atoms with Gasteiger partial charge < -0.3 is 15.2 Å². The summed E-state index contributed by atoms with van der Waals surface area (Å²) in [5.41, 5.74) is 7.01. The number of pyridine rings is 1. The highest BCUT2D eigenvalue weighted by Crippen LogP contribution is 2.49. The van der Waals surface area contributed by atoms with Crippen molar-refractivity contribution in [3.05, 3.63) is 53.9 Å². The molecule has 2 N–H and O–H groups in total. The molecule has 1 spiro atoms. The second-order valence-electron chi connectivity index (χ2n) is 4.57. The topological polar surface area (TPSA) is 69.7 Å². The first-order valence-electron chi connectivity index (χ1n) is 5.99. The lowest BCUT2D eigenvalue weighted by atomic mass is 9.82. The fourth-order valence-electron chi connectivity index (χ4n) is 2.67. The molecular formula is C14H11N3O2. The molecule has 5 nitrogen and oxygen atoms in total. The van der Waals surface area contributed by atoms with Gasteiger partial charge in [-0.15, -0.1) is 0 Å². The smallest absolute Gasteiger partial charge is 0.283 e. The van der Waals surface area contributed by atoms with Crippen LogP contribution in [0.4, 0.5) is 0 Å². The number of hydrogen-bond donors (Lipinski definition) is 1. The molecule has 2 aliphatic rings. The molecule has 4 rings (SSSR count). The quantitative estimate of drug-likeness (QED) is 0.777. The summed E-state index contributed by atoms with van der Waals surface area (Å²) < 4.78 is 11.3. The van der Waals surface area contributed by atoms with Gasteiger partial charge in [0, 0.05) is 17.3 Å². The number of ether oxygens (including phenoxy) is 2. The Morgan fingerprint density at radius 2 is 1.95 bits per heavy atom. The molecule has 94 valence electrons. The van der Waals surface area contributed by atoms with Crippen LogP contribution in [0.1, 0.15) is 11.1 Å². The van der Waals surface area contributed by atoms with Crippen molar-refractivity contribution >= 4 is 6.02 Å². The number of para-hydroxylation sites is 1. The van der Waals surface area contributed by atoms with Gasteiger partial charge in [-0.3, -0.25) is 4.98 Å². The average molecular weight is 253 g/mol. The maximum absolute atomic E-state index is 5.87. The lowest BCUT2D eigenvalue weighted by Crippen LogP contribution is -2.30. The summed E-state index contributed by atoms with van der Waals surface area (Å²) in [7, 11) is 0. The van der Waals surface area contributed by atoms with E-state index in [-0.39, 0.29) is 6.02 Å². The zero-order valence-corrected chi connectivity index (χ0v) is 10.0. The van der Waals surface area contributed by atoms with E-state index in [9.17, 15) is 0 Å². The molecule has 1 aromatic heterocycles. The molecule has 0 aliphatic carbocycles. The maximum atomic E-state index is 5.87. The van der Waals surface area contributed by atoms with Crippen molar-refractivity contribution in [2.75, 3.05) is 6.61 Å². The fraction of sp³-hybridized carbons (Fsp3) is 0.143. The van der Waals surface area contributed by atoms with Crippen LogP contribution in [0.25, 0.3) is 0 Å². The second kappa shape index (κ2) is 3.47. The minimum Gasteiger partial charge on any atom is -0.462 e. The third-order valence-corrected chi connectivity index (χ3v) is 3.51. The minimum atomic E-state index is -0.614. The lowest BCUT2D eigenvalue weighted by Gasteiger charge is -2.32. The van der Waals surface area contributed by atoms with E-state index in [0.717, 1.165) is 16.9 Å². The van der Waals surface area contributed by atoms with Crippen LogP contribution in [0.15, 0.2) is 47.7 Å². The molecule has 1 atom stereocenters. The van der Waals surface area contributed by atoms with Gasteiger partial charge in [-0.1, -0.05) is 18.2 Å². The van der Waals surface area contributed by atoms with Gasteiger partial charge in [0.15, 0.2) is 11.3 Å². The van der Waals surface area contributed by atoms with Crippen molar-refractivity contribution in [2.45, 2.75) is 5.54 Å². The highest BCUT2D eigenvalue weighted by atomic mass is 16.5. The van der Waals surface area contributed by atoms with Crippen molar-refractivity contribution in [3.8, 4) is 11.5 Å². The second-order valence-corrected chi connectivity index (χ2v) is 4.57. The van der Waals surface area contributed by atoms with E-state index in [4.69, 9.17) is 15.2 Å². The number of hydrogen-bond acceptors (Lipinski definition) is 5. The molecular weight excluding hydrogens is 242 g/mol. The van der Waals surface area contributed by atoms with Gasteiger partial charge in [-0.25, -0.2) is 4.99 Å². The third kappa shape index (κ3) is 1.29. The first-order valence-corrected chi connectivity index (χ1v) is 5.99. The Morgan fingerprint density at radius 1 is 1.11 bits per heavy atom.